The van der Waals surface area contributed by atoms with Crippen molar-refractivity contribution in [1.29, 1.82) is 5.26 Å². The van der Waals surface area contributed by atoms with Crippen LogP contribution in [0.2, 0.25) is 0 Å². The molecule has 1 N–H and O–H groups in total. The van der Waals surface area contributed by atoms with E-state index in [2.05, 4.69) is 30.9 Å². The minimum Gasteiger partial charge on any atom is -0.465 e. The third-order valence-corrected chi connectivity index (χ3v) is 3.16. The van der Waals surface area contributed by atoms with Crippen molar-refractivity contribution in [3.63, 3.8) is 0 Å². The zero-order chi connectivity index (χ0) is 14.5. The lowest BCUT2D eigenvalue weighted by Gasteiger charge is -2.01. The minimum absolute atomic E-state index is 0.0766. The Morgan fingerprint density at radius 2 is 2.15 bits per heavy atom. The molecule has 2 aromatic rings. The number of esters is 1. The van der Waals surface area contributed by atoms with Gasteiger partial charge in [0, 0.05) is 15.6 Å². The summed E-state index contributed by atoms with van der Waals surface area (Å²) in [4.78, 5) is 11.4. The SMILES string of the molecule is COC(=O)/C(C#N)=C\c1cn[nH]c1-c1ccc(Br)cc1. The van der Waals surface area contributed by atoms with Gasteiger partial charge in [0.2, 0.25) is 0 Å². The Labute approximate surface area is 124 Å². The van der Waals surface area contributed by atoms with Gasteiger partial charge in [0.05, 0.1) is 19.0 Å². The molecule has 1 heterocycles. The van der Waals surface area contributed by atoms with Gasteiger partial charge >= 0.3 is 5.97 Å². The summed E-state index contributed by atoms with van der Waals surface area (Å²) in [7, 11) is 1.23. The highest BCUT2D eigenvalue weighted by Gasteiger charge is 2.12. The van der Waals surface area contributed by atoms with Crippen LogP contribution in [0.25, 0.3) is 17.3 Å². The quantitative estimate of drug-likeness (QED) is 0.532. The molecule has 0 unspecified atom stereocenters. The highest BCUT2D eigenvalue weighted by Crippen LogP contribution is 2.24. The maximum absolute atomic E-state index is 11.4. The number of aromatic amines is 1. The van der Waals surface area contributed by atoms with Gasteiger partial charge in [-0.15, -0.1) is 0 Å². The summed E-state index contributed by atoms with van der Waals surface area (Å²) in [6.07, 6.45) is 3.00. The molecule has 100 valence electrons. The molecular weight excluding hydrogens is 322 g/mol. The van der Waals surface area contributed by atoms with Crippen LogP contribution in [0.4, 0.5) is 0 Å². The van der Waals surface area contributed by atoms with Crippen molar-refractivity contribution in [3.8, 4) is 17.3 Å². The van der Waals surface area contributed by atoms with E-state index in [1.165, 1.54) is 13.2 Å². The van der Waals surface area contributed by atoms with Crippen molar-refractivity contribution < 1.29 is 9.53 Å². The number of rotatable bonds is 3. The van der Waals surface area contributed by atoms with Crippen LogP contribution >= 0.6 is 15.9 Å². The molecule has 5 nitrogen and oxygen atoms in total. The molecule has 0 aliphatic heterocycles. The molecule has 20 heavy (non-hydrogen) atoms. The Morgan fingerprint density at radius 3 is 2.75 bits per heavy atom. The lowest BCUT2D eigenvalue weighted by molar-refractivity contribution is -0.135. The van der Waals surface area contributed by atoms with Gasteiger partial charge in [-0.05, 0) is 18.2 Å². The van der Waals surface area contributed by atoms with Gasteiger partial charge in [-0.2, -0.15) is 10.4 Å². The van der Waals surface area contributed by atoms with Crippen molar-refractivity contribution in [2.45, 2.75) is 0 Å². The highest BCUT2D eigenvalue weighted by molar-refractivity contribution is 9.10. The molecule has 0 bridgehead atoms. The highest BCUT2D eigenvalue weighted by atomic mass is 79.9. The van der Waals surface area contributed by atoms with Crippen LogP contribution in [0.15, 0.2) is 40.5 Å². The lowest BCUT2D eigenvalue weighted by Crippen LogP contribution is -2.02. The van der Waals surface area contributed by atoms with Gasteiger partial charge < -0.3 is 4.74 Å². The minimum atomic E-state index is -0.671. The molecule has 1 aromatic carbocycles. The fourth-order valence-corrected chi connectivity index (χ4v) is 1.92. The topological polar surface area (TPSA) is 78.8 Å². The number of carbonyl (C=O) groups is 1. The summed E-state index contributed by atoms with van der Waals surface area (Å²) < 4.78 is 5.51. The van der Waals surface area contributed by atoms with Crippen molar-refractivity contribution >= 4 is 28.0 Å². The molecule has 1 aromatic heterocycles. The van der Waals surface area contributed by atoms with E-state index in [9.17, 15) is 4.79 Å². The molecule has 0 saturated heterocycles. The Kier molecular flexibility index (Phi) is 4.33. The maximum atomic E-state index is 11.4. The standard InChI is InChI=1S/C14H10BrN3O2/c1-20-14(19)10(7-16)6-11-8-17-18-13(11)9-2-4-12(15)5-3-9/h2-6,8H,1H3,(H,17,18)/b10-6-. The fraction of sp³-hybridized carbons (Fsp3) is 0.0714. The van der Waals surface area contributed by atoms with Crippen molar-refractivity contribution in [1.82, 2.24) is 10.2 Å². The Hall–Kier alpha value is -2.39. The number of H-pyrrole nitrogens is 1. The zero-order valence-electron chi connectivity index (χ0n) is 10.6. The van der Waals surface area contributed by atoms with E-state index >= 15 is 0 Å². The number of carbonyl (C=O) groups excluding carboxylic acids is 1. The second-order valence-corrected chi connectivity index (χ2v) is 4.78. The van der Waals surface area contributed by atoms with E-state index in [0.717, 1.165) is 15.7 Å². The molecule has 2 rings (SSSR count). The lowest BCUT2D eigenvalue weighted by atomic mass is 10.1. The van der Waals surface area contributed by atoms with Gasteiger partial charge in [-0.3, -0.25) is 5.10 Å². The number of methoxy groups -OCH3 is 1. The fourth-order valence-electron chi connectivity index (χ4n) is 1.65. The van der Waals surface area contributed by atoms with Crippen LogP contribution in [0.1, 0.15) is 5.56 Å². The Balaban J connectivity index is 2.43. The molecular formula is C14H10BrN3O2. The molecule has 0 saturated carbocycles. The molecule has 0 fully saturated rings. The number of hydrogen-bond donors (Lipinski definition) is 1. The number of halogens is 1. The van der Waals surface area contributed by atoms with E-state index < -0.39 is 5.97 Å². The predicted octanol–water partition coefficient (Wildman–Crippen LogP) is 2.92. The molecule has 0 amide bonds. The second-order valence-electron chi connectivity index (χ2n) is 3.87. The van der Waals surface area contributed by atoms with Crippen molar-refractivity contribution in [3.05, 3.63) is 46.1 Å². The molecule has 0 aliphatic rings. The van der Waals surface area contributed by atoms with Crippen LogP contribution in [-0.4, -0.2) is 23.3 Å². The Morgan fingerprint density at radius 1 is 1.45 bits per heavy atom. The first-order valence-corrected chi connectivity index (χ1v) is 6.44. The van der Waals surface area contributed by atoms with E-state index in [1.54, 1.807) is 6.20 Å². The summed E-state index contributed by atoms with van der Waals surface area (Å²) in [6, 6.07) is 9.42. The first kappa shape index (κ1) is 14.0. The number of aromatic nitrogens is 2. The summed E-state index contributed by atoms with van der Waals surface area (Å²) >= 11 is 3.37. The van der Waals surface area contributed by atoms with Crippen LogP contribution < -0.4 is 0 Å². The van der Waals surface area contributed by atoms with Gasteiger partial charge in [-0.1, -0.05) is 28.1 Å². The maximum Gasteiger partial charge on any atom is 0.348 e. The monoisotopic (exact) mass is 331 g/mol. The van der Waals surface area contributed by atoms with E-state index in [0.29, 0.717) is 5.56 Å². The molecule has 6 heteroatoms. The number of hydrogen-bond acceptors (Lipinski definition) is 4. The van der Waals surface area contributed by atoms with Crippen LogP contribution in [0, 0.1) is 11.3 Å². The largest absolute Gasteiger partial charge is 0.465 e. The van der Waals surface area contributed by atoms with Gasteiger partial charge in [0.1, 0.15) is 11.6 Å². The summed E-state index contributed by atoms with van der Waals surface area (Å²) in [5.41, 5.74) is 2.20. The molecule has 0 aliphatic carbocycles. The number of benzene rings is 1. The van der Waals surface area contributed by atoms with Crippen LogP contribution in [-0.2, 0) is 9.53 Å². The number of nitrogens with zero attached hydrogens (tertiary/aromatic N) is 2. The van der Waals surface area contributed by atoms with Gasteiger partial charge in [-0.25, -0.2) is 4.79 Å². The summed E-state index contributed by atoms with van der Waals surface area (Å²) in [5.74, 6) is -0.671. The van der Waals surface area contributed by atoms with E-state index in [4.69, 9.17) is 5.26 Å². The summed E-state index contributed by atoms with van der Waals surface area (Å²) in [5, 5.41) is 15.8. The molecule has 0 spiro atoms. The van der Waals surface area contributed by atoms with Crippen LogP contribution in [0.5, 0.6) is 0 Å². The summed E-state index contributed by atoms with van der Waals surface area (Å²) in [6.45, 7) is 0. The van der Waals surface area contributed by atoms with Crippen molar-refractivity contribution in [2.24, 2.45) is 0 Å². The predicted molar refractivity (Wildman–Crippen MR) is 77.3 cm³/mol. The number of nitrogens with one attached hydrogen (secondary N) is 1. The third kappa shape index (κ3) is 2.95. The van der Waals surface area contributed by atoms with E-state index in [1.807, 2.05) is 30.3 Å². The smallest absolute Gasteiger partial charge is 0.348 e. The Bertz CT molecular complexity index is 696. The average Bonchev–Trinajstić information content (AvgIpc) is 2.93. The van der Waals surface area contributed by atoms with Gasteiger partial charge in [0.25, 0.3) is 0 Å². The van der Waals surface area contributed by atoms with Crippen LogP contribution in [0.3, 0.4) is 0 Å². The molecule has 0 atom stereocenters. The third-order valence-electron chi connectivity index (χ3n) is 2.63. The molecule has 0 radical (unpaired) electrons. The zero-order valence-corrected chi connectivity index (χ0v) is 12.1. The number of nitriles is 1. The van der Waals surface area contributed by atoms with Gasteiger partial charge in [0.15, 0.2) is 0 Å². The first-order valence-electron chi connectivity index (χ1n) is 5.65. The first-order chi connectivity index (χ1) is 9.65. The second kappa shape index (κ2) is 6.17. The van der Waals surface area contributed by atoms with Crippen molar-refractivity contribution in [2.75, 3.05) is 7.11 Å². The normalized spacial score (nSPS) is 10.9. The average molecular weight is 332 g/mol. The number of ether oxygens (including phenoxy) is 1. The van der Waals surface area contributed by atoms with E-state index in [-0.39, 0.29) is 5.57 Å².